The van der Waals surface area contributed by atoms with E-state index in [4.69, 9.17) is 10.2 Å². The summed E-state index contributed by atoms with van der Waals surface area (Å²) in [7, 11) is 0. The highest BCUT2D eigenvalue weighted by Crippen LogP contribution is 2.28. The summed E-state index contributed by atoms with van der Waals surface area (Å²) < 4.78 is 37.0. The van der Waals surface area contributed by atoms with Crippen molar-refractivity contribution in [3.63, 3.8) is 0 Å². The van der Waals surface area contributed by atoms with Crippen LogP contribution in [-0.2, 0) is 17.5 Å². The molecule has 1 aromatic rings. The van der Waals surface area contributed by atoms with Crippen LogP contribution in [0.2, 0.25) is 0 Å². The van der Waals surface area contributed by atoms with Crippen LogP contribution >= 0.6 is 0 Å². The number of alkyl halides is 3. The molecule has 1 aromatic carbocycles. The van der Waals surface area contributed by atoms with Gasteiger partial charge in [0.15, 0.2) is 6.04 Å². The van der Waals surface area contributed by atoms with Crippen molar-refractivity contribution in [3.8, 4) is 0 Å². The fourth-order valence-corrected chi connectivity index (χ4v) is 1.39. The Kier molecular flexibility index (Phi) is 5.53. The number of carbonyl (C=O) groups is 2. The molecule has 0 saturated heterocycles. The lowest BCUT2D eigenvalue weighted by molar-refractivity contribution is -0.140. The minimum Gasteiger partial charge on any atom is -0.480 e. The number of aliphatic carboxylic acids is 1. The van der Waals surface area contributed by atoms with Crippen molar-refractivity contribution in [2.75, 3.05) is 6.61 Å². The molecule has 9 heteroatoms. The molecule has 0 fully saturated rings. The van der Waals surface area contributed by atoms with Crippen LogP contribution in [0.15, 0.2) is 24.3 Å². The second kappa shape index (κ2) is 6.93. The quantitative estimate of drug-likeness (QED) is 0.651. The minimum atomic E-state index is -4.43. The summed E-state index contributed by atoms with van der Waals surface area (Å²) in [4.78, 5) is 21.9. The highest BCUT2D eigenvalue weighted by atomic mass is 19.4. The smallest absolute Gasteiger partial charge is 0.416 e. The number of carbonyl (C=O) groups excluding carboxylic acids is 1. The van der Waals surface area contributed by atoms with Gasteiger partial charge in [0.25, 0.3) is 0 Å². The lowest BCUT2D eigenvalue weighted by Gasteiger charge is -2.13. The van der Waals surface area contributed by atoms with Crippen molar-refractivity contribution < 1.29 is 33.0 Å². The lowest BCUT2D eigenvalue weighted by Crippen LogP contribution is -2.47. The van der Waals surface area contributed by atoms with Gasteiger partial charge in [-0.15, -0.1) is 0 Å². The molecule has 1 atom stereocenters. The van der Waals surface area contributed by atoms with E-state index in [-0.39, 0.29) is 6.54 Å². The van der Waals surface area contributed by atoms with Gasteiger partial charge in [0.05, 0.1) is 12.2 Å². The van der Waals surface area contributed by atoms with Gasteiger partial charge in [0, 0.05) is 6.54 Å². The highest BCUT2D eigenvalue weighted by molar-refractivity contribution is 5.82. The third-order valence-electron chi connectivity index (χ3n) is 2.52. The molecule has 2 amide bonds. The number of hydrogen-bond acceptors (Lipinski definition) is 3. The summed E-state index contributed by atoms with van der Waals surface area (Å²) in [5.74, 6) is -1.40. The van der Waals surface area contributed by atoms with Crippen molar-refractivity contribution in [1.29, 1.82) is 0 Å². The molecule has 21 heavy (non-hydrogen) atoms. The van der Waals surface area contributed by atoms with Gasteiger partial charge < -0.3 is 20.8 Å². The van der Waals surface area contributed by atoms with Crippen molar-refractivity contribution in [3.05, 3.63) is 35.4 Å². The molecular weight excluding hydrogens is 293 g/mol. The van der Waals surface area contributed by atoms with Crippen LogP contribution in [0.3, 0.4) is 0 Å². The Morgan fingerprint density at radius 1 is 1.19 bits per heavy atom. The molecule has 0 aliphatic rings. The number of urea groups is 1. The summed E-state index contributed by atoms with van der Waals surface area (Å²) in [5, 5.41) is 21.6. The topological polar surface area (TPSA) is 98.7 Å². The van der Waals surface area contributed by atoms with Crippen molar-refractivity contribution in [2.45, 2.75) is 18.8 Å². The molecule has 0 aromatic heterocycles. The van der Waals surface area contributed by atoms with E-state index >= 15 is 0 Å². The highest BCUT2D eigenvalue weighted by Gasteiger charge is 2.29. The first-order valence-electron chi connectivity index (χ1n) is 5.78. The third kappa shape index (κ3) is 5.30. The molecule has 0 saturated carbocycles. The lowest BCUT2D eigenvalue weighted by atomic mass is 10.1. The van der Waals surface area contributed by atoms with E-state index < -0.39 is 36.4 Å². The number of rotatable bonds is 5. The summed E-state index contributed by atoms with van der Waals surface area (Å²) in [6, 6.07) is 1.85. The maximum Gasteiger partial charge on any atom is 0.416 e. The van der Waals surface area contributed by atoms with E-state index in [0.29, 0.717) is 5.56 Å². The zero-order chi connectivity index (χ0) is 16.0. The summed E-state index contributed by atoms with van der Waals surface area (Å²) in [5.41, 5.74) is -0.393. The molecule has 0 unspecified atom stereocenters. The van der Waals surface area contributed by atoms with Gasteiger partial charge in [0.2, 0.25) is 0 Å². The van der Waals surface area contributed by atoms with E-state index in [2.05, 4.69) is 5.32 Å². The predicted octanol–water partition coefficient (Wildman–Crippen LogP) is 0.950. The number of nitrogens with one attached hydrogen (secondary N) is 2. The number of benzene rings is 1. The number of carboxylic acids is 1. The van der Waals surface area contributed by atoms with Gasteiger partial charge in [-0.2, -0.15) is 13.2 Å². The van der Waals surface area contributed by atoms with Crippen LogP contribution in [0.1, 0.15) is 11.1 Å². The Labute approximate surface area is 117 Å². The van der Waals surface area contributed by atoms with E-state index in [1.807, 2.05) is 5.32 Å². The zero-order valence-electron chi connectivity index (χ0n) is 10.6. The van der Waals surface area contributed by atoms with E-state index in [1.54, 1.807) is 0 Å². The molecule has 0 aliphatic carbocycles. The van der Waals surface area contributed by atoms with Crippen molar-refractivity contribution in [1.82, 2.24) is 10.6 Å². The first kappa shape index (κ1) is 16.8. The number of carboxylic acid groups (broad SMARTS) is 1. The van der Waals surface area contributed by atoms with Gasteiger partial charge in [0.1, 0.15) is 0 Å². The minimum absolute atomic E-state index is 0.0816. The Bertz CT molecular complexity index is 502. The van der Waals surface area contributed by atoms with Crippen LogP contribution in [0, 0.1) is 0 Å². The summed E-state index contributed by atoms with van der Waals surface area (Å²) in [6.07, 6.45) is -4.43. The first-order valence-corrected chi connectivity index (χ1v) is 5.78. The fourth-order valence-electron chi connectivity index (χ4n) is 1.39. The molecule has 1 rings (SSSR count). The normalized spacial score (nSPS) is 12.6. The van der Waals surface area contributed by atoms with Crippen LogP contribution < -0.4 is 10.6 Å². The van der Waals surface area contributed by atoms with E-state index in [9.17, 15) is 22.8 Å². The molecule has 6 nitrogen and oxygen atoms in total. The molecule has 0 spiro atoms. The Balaban J connectivity index is 2.52. The number of hydrogen-bond donors (Lipinski definition) is 4. The zero-order valence-corrected chi connectivity index (χ0v) is 10.6. The number of aliphatic hydroxyl groups excluding tert-OH is 1. The van der Waals surface area contributed by atoms with Crippen molar-refractivity contribution >= 4 is 12.0 Å². The summed E-state index contributed by atoms with van der Waals surface area (Å²) >= 11 is 0. The van der Waals surface area contributed by atoms with Crippen LogP contribution in [0.5, 0.6) is 0 Å². The Morgan fingerprint density at radius 3 is 2.19 bits per heavy atom. The molecule has 0 radical (unpaired) electrons. The largest absolute Gasteiger partial charge is 0.480 e. The van der Waals surface area contributed by atoms with Gasteiger partial charge in [-0.1, -0.05) is 12.1 Å². The Hall–Kier alpha value is -2.29. The van der Waals surface area contributed by atoms with Crippen LogP contribution in [0.25, 0.3) is 0 Å². The summed E-state index contributed by atoms with van der Waals surface area (Å²) in [6.45, 7) is -0.856. The van der Waals surface area contributed by atoms with Gasteiger partial charge in [-0.25, -0.2) is 9.59 Å². The molecular formula is C12H13F3N2O4. The maximum atomic E-state index is 12.3. The monoisotopic (exact) mass is 306 g/mol. The average Bonchev–Trinajstić information content (AvgIpc) is 2.41. The fraction of sp³-hybridized carbons (Fsp3) is 0.333. The van der Waals surface area contributed by atoms with Gasteiger partial charge in [-0.05, 0) is 17.7 Å². The van der Waals surface area contributed by atoms with Crippen molar-refractivity contribution in [2.24, 2.45) is 0 Å². The van der Waals surface area contributed by atoms with E-state index in [1.165, 1.54) is 12.1 Å². The third-order valence-corrected chi connectivity index (χ3v) is 2.52. The molecule has 0 bridgehead atoms. The standard InChI is InChI=1S/C12H13F3N2O4/c13-12(14,15)8-3-1-7(2-4-8)5-16-11(21)17-9(6-18)10(19)20/h1-4,9,18H,5-6H2,(H,19,20)(H2,16,17,21)/t9-/m1/s1. The second-order valence-corrected chi connectivity index (χ2v) is 4.10. The predicted molar refractivity (Wildman–Crippen MR) is 65.3 cm³/mol. The average molecular weight is 306 g/mol. The molecule has 0 aliphatic heterocycles. The SMILES string of the molecule is O=C(NCc1ccc(C(F)(F)F)cc1)N[C@H](CO)C(=O)O. The van der Waals surface area contributed by atoms with E-state index in [0.717, 1.165) is 12.1 Å². The number of aliphatic hydroxyl groups is 1. The molecule has 4 N–H and O–H groups in total. The molecule has 0 heterocycles. The molecule has 116 valence electrons. The van der Waals surface area contributed by atoms with Gasteiger partial charge in [-0.3, -0.25) is 0 Å². The number of amides is 2. The number of halogens is 3. The first-order chi connectivity index (χ1) is 9.74. The second-order valence-electron chi connectivity index (χ2n) is 4.10. The van der Waals surface area contributed by atoms with Crippen LogP contribution in [0.4, 0.5) is 18.0 Å². The maximum absolute atomic E-state index is 12.3. The van der Waals surface area contributed by atoms with Gasteiger partial charge >= 0.3 is 18.2 Å². The van der Waals surface area contributed by atoms with Crippen LogP contribution in [-0.4, -0.2) is 34.9 Å². The Morgan fingerprint density at radius 2 is 1.76 bits per heavy atom.